The van der Waals surface area contributed by atoms with Gasteiger partial charge >= 0.3 is 0 Å². The van der Waals surface area contributed by atoms with Crippen LogP contribution in [0.5, 0.6) is 11.5 Å². The second kappa shape index (κ2) is 10.3. The van der Waals surface area contributed by atoms with Gasteiger partial charge in [-0.2, -0.15) is 0 Å². The van der Waals surface area contributed by atoms with Crippen LogP contribution >= 0.6 is 0 Å². The van der Waals surface area contributed by atoms with Crippen molar-refractivity contribution in [3.05, 3.63) is 89.0 Å². The zero-order valence-electron chi connectivity index (χ0n) is 18.6. The number of hydrogen-bond acceptors (Lipinski definition) is 4. The molecule has 0 unspecified atom stereocenters. The molecular weight excluding hydrogens is 404 g/mol. The SMILES string of the molecule is COc1cccc(C=C(C(=O)Nc2ccc(C)cc2)C(=O)Nc2ccc(C)cc2)c1OC. The third-order valence-electron chi connectivity index (χ3n) is 4.84. The van der Waals surface area contributed by atoms with Gasteiger partial charge < -0.3 is 20.1 Å². The fourth-order valence-electron chi connectivity index (χ4n) is 3.09. The number of hydrogen-bond donors (Lipinski definition) is 2. The summed E-state index contributed by atoms with van der Waals surface area (Å²) in [5, 5.41) is 5.58. The monoisotopic (exact) mass is 430 g/mol. The van der Waals surface area contributed by atoms with Gasteiger partial charge in [0.25, 0.3) is 11.8 Å². The fraction of sp³-hybridized carbons (Fsp3) is 0.154. The predicted molar refractivity (Wildman–Crippen MR) is 127 cm³/mol. The molecule has 0 aliphatic heterocycles. The van der Waals surface area contributed by atoms with Crippen molar-refractivity contribution in [1.82, 2.24) is 0 Å². The van der Waals surface area contributed by atoms with Crippen molar-refractivity contribution in [1.29, 1.82) is 0 Å². The van der Waals surface area contributed by atoms with Gasteiger partial charge in [-0.1, -0.05) is 47.5 Å². The van der Waals surface area contributed by atoms with Crippen LogP contribution in [-0.2, 0) is 9.59 Å². The molecule has 0 heterocycles. The number of para-hydroxylation sites is 1. The summed E-state index contributed by atoms with van der Waals surface area (Å²) in [6.07, 6.45) is 1.49. The summed E-state index contributed by atoms with van der Waals surface area (Å²) in [6.45, 7) is 3.92. The maximum atomic E-state index is 13.1. The van der Waals surface area contributed by atoms with Crippen molar-refractivity contribution in [2.45, 2.75) is 13.8 Å². The molecule has 3 aromatic rings. The molecule has 0 bridgehead atoms. The molecule has 6 heteroatoms. The summed E-state index contributed by atoms with van der Waals surface area (Å²) >= 11 is 0. The molecule has 32 heavy (non-hydrogen) atoms. The molecule has 0 atom stereocenters. The molecule has 164 valence electrons. The van der Waals surface area contributed by atoms with Crippen LogP contribution < -0.4 is 20.1 Å². The van der Waals surface area contributed by atoms with E-state index in [2.05, 4.69) is 10.6 Å². The number of carbonyl (C=O) groups excluding carboxylic acids is 2. The van der Waals surface area contributed by atoms with E-state index in [4.69, 9.17) is 9.47 Å². The lowest BCUT2D eigenvalue weighted by molar-refractivity contribution is -0.118. The summed E-state index contributed by atoms with van der Waals surface area (Å²) in [5.41, 5.74) is 3.78. The number of benzene rings is 3. The molecular formula is C26H26N2O4. The van der Waals surface area contributed by atoms with Crippen molar-refractivity contribution in [3.63, 3.8) is 0 Å². The Kier molecular flexibility index (Phi) is 7.29. The Morgan fingerprint density at radius 2 is 1.22 bits per heavy atom. The Morgan fingerprint density at radius 3 is 1.66 bits per heavy atom. The van der Waals surface area contributed by atoms with Gasteiger partial charge in [0, 0.05) is 16.9 Å². The molecule has 0 aromatic heterocycles. The first kappa shape index (κ1) is 22.6. The molecule has 0 saturated heterocycles. The number of anilines is 2. The topological polar surface area (TPSA) is 76.7 Å². The van der Waals surface area contributed by atoms with Crippen LogP contribution in [0.15, 0.2) is 72.3 Å². The minimum Gasteiger partial charge on any atom is -0.493 e. The van der Waals surface area contributed by atoms with Gasteiger partial charge in [0.1, 0.15) is 5.57 Å². The van der Waals surface area contributed by atoms with E-state index in [1.807, 2.05) is 38.1 Å². The average Bonchev–Trinajstić information content (AvgIpc) is 2.79. The highest BCUT2D eigenvalue weighted by molar-refractivity contribution is 6.29. The second-order valence-corrected chi connectivity index (χ2v) is 7.28. The molecule has 0 radical (unpaired) electrons. The lowest BCUT2D eigenvalue weighted by Gasteiger charge is -2.13. The molecule has 0 aliphatic carbocycles. The van der Waals surface area contributed by atoms with Crippen LogP contribution in [0.3, 0.4) is 0 Å². The highest BCUT2D eigenvalue weighted by atomic mass is 16.5. The molecule has 2 amide bonds. The highest BCUT2D eigenvalue weighted by Gasteiger charge is 2.21. The predicted octanol–water partition coefficient (Wildman–Crippen LogP) is 4.98. The Morgan fingerprint density at radius 1 is 0.719 bits per heavy atom. The zero-order valence-corrected chi connectivity index (χ0v) is 18.6. The fourth-order valence-corrected chi connectivity index (χ4v) is 3.09. The van der Waals surface area contributed by atoms with Gasteiger partial charge in [-0.3, -0.25) is 9.59 Å². The van der Waals surface area contributed by atoms with Gasteiger partial charge in [-0.05, 0) is 50.3 Å². The number of methoxy groups -OCH3 is 2. The third-order valence-corrected chi connectivity index (χ3v) is 4.84. The summed E-state index contributed by atoms with van der Waals surface area (Å²) in [4.78, 5) is 26.3. The van der Waals surface area contributed by atoms with E-state index < -0.39 is 11.8 Å². The van der Waals surface area contributed by atoms with Gasteiger partial charge in [0.2, 0.25) is 0 Å². The lowest BCUT2D eigenvalue weighted by atomic mass is 10.1. The second-order valence-electron chi connectivity index (χ2n) is 7.28. The largest absolute Gasteiger partial charge is 0.493 e. The first-order chi connectivity index (χ1) is 15.4. The van der Waals surface area contributed by atoms with Crippen LogP contribution in [0.25, 0.3) is 6.08 Å². The summed E-state index contributed by atoms with van der Waals surface area (Å²) in [6, 6.07) is 19.9. The third kappa shape index (κ3) is 5.55. The molecule has 3 aromatic carbocycles. The normalized spacial score (nSPS) is 10.1. The maximum absolute atomic E-state index is 13.1. The number of nitrogens with one attached hydrogen (secondary N) is 2. The van der Waals surface area contributed by atoms with Crippen molar-refractivity contribution in [2.24, 2.45) is 0 Å². The van der Waals surface area contributed by atoms with Crippen molar-refractivity contribution >= 4 is 29.3 Å². The Bertz CT molecular complexity index is 1070. The van der Waals surface area contributed by atoms with Crippen LogP contribution in [0.2, 0.25) is 0 Å². The van der Waals surface area contributed by atoms with Gasteiger partial charge in [0.05, 0.1) is 14.2 Å². The number of aryl methyl sites for hydroxylation is 2. The molecule has 0 aliphatic rings. The first-order valence-corrected chi connectivity index (χ1v) is 10.1. The van der Waals surface area contributed by atoms with Gasteiger partial charge in [0.15, 0.2) is 11.5 Å². The molecule has 0 saturated carbocycles. The van der Waals surface area contributed by atoms with E-state index in [1.165, 1.54) is 20.3 Å². The molecule has 6 nitrogen and oxygen atoms in total. The lowest BCUT2D eigenvalue weighted by Crippen LogP contribution is -2.25. The Labute approximate surface area is 187 Å². The van der Waals surface area contributed by atoms with Crippen LogP contribution in [-0.4, -0.2) is 26.0 Å². The van der Waals surface area contributed by atoms with E-state index in [0.717, 1.165) is 11.1 Å². The van der Waals surface area contributed by atoms with E-state index in [1.54, 1.807) is 42.5 Å². The molecule has 2 N–H and O–H groups in total. The number of carbonyl (C=O) groups is 2. The maximum Gasteiger partial charge on any atom is 0.261 e. The Balaban J connectivity index is 1.99. The number of rotatable bonds is 7. The number of ether oxygens (including phenoxy) is 2. The summed E-state index contributed by atoms with van der Waals surface area (Å²) in [5.74, 6) is -0.149. The molecule has 0 spiro atoms. The van der Waals surface area contributed by atoms with Crippen molar-refractivity contribution in [3.8, 4) is 11.5 Å². The molecule has 3 rings (SSSR count). The zero-order chi connectivity index (χ0) is 23.1. The van der Waals surface area contributed by atoms with Crippen LogP contribution in [0.4, 0.5) is 11.4 Å². The standard InChI is InChI=1S/C26H26N2O4/c1-17-8-12-20(13-9-17)27-25(29)22(26(30)28-21-14-10-18(2)11-15-21)16-19-6-5-7-23(31-3)24(19)32-4/h5-16H,1-4H3,(H,27,29)(H,28,30). The summed E-state index contributed by atoms with van der Waals surface area (Å²) < 4.78 is 10.8. The van der Waals surface area contributed by atoms with Gasteiger partial charge in [-0.15, -0.1) is 0 Å². The van der Waals surface area contributed by atoms with Gasteiger partial charge in [-0.25, -0.2) is 0 Å². The van der Waals surface area contributed by atoms with E-state index in [0.29, 0.717) is 28.4 Å². The Hall–Kier alpha value is -4.06. The quantitative estimate of drug-likeness (QED) is 0.315. The average molecular weight is 431 g/mol. The minimum atomic E-state index is -0.539. The van der Waals surface area contributed by atoms with Crippen molar-refractivity contribution in [2.75, 3.05) is 24.9 Å². The van der Waals surface area contributed by atoms with Crippen LogP contribution in [0, 0.1) is 13.8 Å². The van der Waals surface area contributed by atoms with E-state index in [9.17, 15) is 9.59 Å². The van der Waals surface area contributed by atoms with Crippen molar-refractivity contribution < 1.29 is 19.1 Å². The van der Waals surface area contributed by atoms with Crippen LogP contribution in [0.1, 0.15) is 16.7 Å². The minimum absolute atomic E-state index is 0.0716. The smallest absolute Gasteiger partial charge is 0.261 e. The molecule has 0 fully saturated rings. The first-order valence-electron chi connectivity index (χ1n) is 10.1. The van der Waals surface area contributed by atoms with E-state index >= 15 is 0 Å². The highest BCUT2D eigenvalue weighted by Crippen LogP contribution is 2.32. The van der Waals surface area contributed by atoms with E-state index in [-0.39, 0.29) is 5.57 Å². The summed E-state index contributed by atoms with van der Waals surface area (Å²) in [7, 11) is 3.04. The number of amides is 2.